The minimum atomic E-state index is -0.307. The van der Waals surface area contributed by atoms with Crippen molar-refractivity contribution in [2.45, 2.75) is 13.8 Å². The van der Waals surface area contributed by atoms with E-state index in [9.17, 15) is 4.79 Å². The smallest absolute Gasteiger partial charge is 0.395 e. The summed E-state index contributed by atoms with van der Waals surface area (Å²) in [5, 5.41) is 0. The number of nitrogens with zero attached hydrogens (tertiary/aromatic N) is 1. The maximum atomic E-state index is 11.1. The average molecular weight is 196 g/mol. The van der Waals surface area contributed by atoms with E-state index in [1.165, 1.54) is 6.21 Å². The molecule has 3 heteroatoms. The fourth-order valence-corrected chi connectivity index (χ4v) is 0.915. The van der Waals surface area contributed by atoms with Gasteiger partial charge in [0, 0.05) is 0 Å². The van der Waals surface area contributed by atoms with Crippen molar-refractivity contribution < 1.29 is 14.1 Å². The van der Waals surface area contributed by atoms with Gasteiger partial charge in [-0.2, -0.15) is 0 Å². The number of hydrogen-bond donors (Lipinski definition) is 0. The minimum absolute atomic E-state index is 0.307. The Morgan fingerprint density at radius 2 is 2.21 bits per heavy atom. The van der Waals surface area contributed by atoms with Crippen LogP contribution in [0.1, 0.15) is 13.8 Å². The molecule has 0 aliphatic heterocycles. The highest BCUT2D eigenvalue weighted by Gasteiger charge is 2.05. The fraction of sp³-hybridized carbons (Fsp3) is 0.455. The zero-order valence-electron chi connectivity index (χ0n) is 8.90. The summed E-state index contributed by atoms with van der Waals surface area (Å²) in [5.74, 6) is -0.307. The Labute approximate surface area is 85.4 Å². The molecule has 0 aromatic heterocycles. The maximum Gasteiger partial charge on any atom is 0.395 e. The van der Waals surface area contributed by atoms with E-state index in [0.717, 1.165) is 0 Å². The summed E-state index contributed by atoms with van der Waals surface area (Å²) in [4.78, 5) is 11.1. The predicted octanol–water partition coefficient (Wildman–Crippen LogP) is 1.39. The Bertz CT molecular complexity index is 242. The van der Waals surface area contributed by atoms with Crippen LogP contribution in [0.25, 0.3) is 0 Å². The number of hydrogen-bond acceptors (Lipinski definition) is 2. The molecule has 0 aromatic rings. The van der Waals surface area contributed by atoms with Crippen molar-refractivity contribution in [3.8, 4) is 0 Å². The Morgan fingerprint density at radius 3 is 2.71 bits per heavy atom. The van der Waals surface area contributed by atoms with Crippen LogP contribution < -0.4 is 0 Å². The lowest BCUT2D eigenvalue weighted by Gasteiger charge is -1.97. The van der Waals surface area contributed by atoms with Crippen molar-refractivity contribution >= 4 is 12.2 Å². The quantitative estimate of drug-likeness (QED) is 0.278. The fourth-order valence-electron chi connectivity index (χ4n) is 0.915. The van der Waals surface area contributed by atoms with Crippen molar-refractivity contribution in [2.75, 3.05) is 19.7 Å². The zero-order chi connectivity index (χ0) is 10.8. The van der Waals surface area contributed by atoms with Gasteiger partial charge >= 0.3 is 5.97 Å². The van der Waals surface area contributed by atoms with Crippen molar-refractivity contribution in [1.29, 1.82) is 0 Å². The Kier molecular flexibility index (Phi) is 7.42. The Morgan fingerprint density at radius 1 is 1.50 bits per heavy atom. The molecule has 0 fully saturated rings. The van der Waals surface area contributed by atoms with Crippen molar-refractivity contribution in [2.24, 2.45) is 0 Å². The Hall–Kier alpha value is -1.38. The van der Waals surface area contributed by atoms with Gasteiger partial charge in [0.2, 0.25) is 6.21 Å². The third kappa shape index (κ3) is 6.17. The zero-order valence-corrected chi connectivity index (χ0v) is 8.90. The second kappa shape index (κ2) is 8.23. The van der Waals surface area contributed by atoms with Gasteiger partial charge in [0.05, 0.1) is 6.61 Å². The van der Waals surface area contributed by atoms with Crippen molar-refractivity contribution in [3.05, 3.63) is 24.8 Å². The molecule has 0 spiro atoms. The highest BCUT2D eigenvalue weighted by molar-refractivity contribution is 6.20. The van der Waals surface area contributed by atoms with Gasteiger partial charge in [0.15, 0.2) is 13.1 Å². The molecule has 0 aromatic carbocycles. The number of carbonyl (C=O) groups excluding carboxylic acids is 1. The van der Waals surface area contributed by atoms with Crippen LogP contribution in [0.3, 0.4) is 0 Å². The van der Waals surface area contributed by atoms with Gasteiger partial charge in [-0.05, 0) is 26.0 Å². The maximum absolute atomic E-state index is 11.1. The van der Waals surface area contributed by atoms with E-state index in [0.29, 0.717) is 19.7 Å². The van der Waals surface area contributed by atoms with Crippen molar-refractivity contribution in [3.63, 3.8) is 0 Å². The van der Waals surface area contributed by atoms with Gasteiger partial charge < -0.3 is 4.74 Å². The molecule has 0 radical (unpaired) electrons. The topological polar surface area (TPSA) is 29.3 Å². The summed E-state index contributed by atoms with van der Waals surface area (Å²) in [6, 6.07) is 0. The summed E-state index contributed by atoms with van der Waals surface area (Å²) in [5.41, 5.74) is 0. The molecule has 0 aliphatic carbocycles. The highest BCUT2D eigenvalue weighted by Crippen LogP contribution is 1.81. The molecule has 0 bridgehead atoms. The number of rotatable bonds is 6. The van der Waals surface area contributed by atoms with E-state index < -0.39 is 0 Å². The molecule has 14 heavy (non-hydrogen) atoms. The second-order valence-electron chi connectivity index (χ2n) is 2.69. The molecule has 0 unspecified atom stereocenters. The number of esters is 1. The number of ether oxygens (including phenoxy) is 1. The van der Waals surface area contributed by atoms with Crippen LogP contribution in [-0.2, 0) is 9.53 Å². The third-order valence-corrected chi connectivity index (χ3v) is 1.51. The summed E-state index contributed by atoms with van der Waals surface area (Å²) in [6.45, 7) is 9.09. The van der Waals surface area contributed by atoms with Crippen LogP contribution in [0.15, 0.2) is 24.8 Å². The van der Waals surface area contributed by atoms with Gasteiger partial charge in [-0.15, -0.1) is 0 Å². The van der Waals surface area contributed by atoms with E-state index in [-0.39, 0.29) is 5.97 Å². The van der Waals surface area contributed by atoms with Crippen LogP contribution in [-0.4, -0.2) is 36.5 Å². The summed E-state index contributed by atoms with van der Waals surface area (Å²) in [6.07, 6.45) is 7.12. The number of carbonyl (C=O) groups is 1. The molecule has 0 saturated heterocycles. The lowest BCUT2D eigenvalue weighted by Crippen LogP contribution is -2.20. The Balaban J connectivity index is 4.29. The molecule has 0 saturated carbocycles. The van der Waals surface area contributed by atoms with E-state index >= 15 is 0 Å². The SMILES string of the molecule is C=CC[N+](=CC(=O)OCC)CC=CC. The van der Waals surface area contributed by atoms with Crippen LogP contribution in [0.4, 0.5) is 0 Å². The van der Waals surface area contributed by atoms with Gasteiger partial charge in [0.25, 0.3) is 0 Å². The lowest BCUT2D eigenvalue weighted by molar-refractivity contribution is -0.502. The molecule has 0 aliphatic rings. The van der Waals surface area contributed by atoms with Crippen LogP contribution in [0.5, 0.6) is 0 Å². The van der Waals surface area contributed by atoms with Gasteiger partial charge in [-0.1, -0.05) is 12.7 Å². The average Bonchev–Trinajstić information content (AvgIpc) is 2.15. The molecule has 0 rings (SSSR count). The van der Waals surface area contributed by atoms with E-state index in [4.69, 9.17) is 4.74 Å². The van der Waals surface area contributed by atoms with Crippen LogP contribution in [0.2, 0.25) is 0 Å². The summed E-state index contributed by atoms with van der Waals surface area (Å²) < 4.78 is 6.64. The molecular formula is C11H18NO2+. The molecule has 3 nitrogen and oxygen atoms in total. The number of allylic oxidation sites excluding steroid dienone is 1. The van der Waals surface area contributed by atoms with Gasteiger partial charge in [-0.25, -0.2) is 9.37 Å². The molecule has 0 amide bonds. The first-order chi connectivity index (χ1) is 6.74. The molecule has 0 N–H and O–H groups in total. The molecule has 0 heterocycles. The standard InChI is InChI=1S/C11H18NO2/c1-4-7-9-12(8-5-2)10-11(13)14-6-3/h4-5,7,10H,2,6,8-9H2,1,3H3/q+1. The minimum Gasteiger partial charge on any atom is -0.459 e. The first-order valence-electron chi connectivity index (χ1n) is 4.72. The van der Waals surface area contributed by atoms with E-state index in [1.807, 2.05) is 23.7 Å². The monoisotopic (exact) mass is 196 g/mol. The molecule has 78 valence electrons. The summed E-state index contributed by atoms with van der Waals surface area (Å²) >= 11 is 0. The first-order valence-corrected chi connectivity index (χ1v) is 4.72. The van der Waals surface area contributed by atoms with E-state index in [1.54, 1.807) is 13.0 Å². The lowest BCUT2D eigenvalue weighted by atomic mass is 10.4. The predicted molar refractivity (Wildman–Crippen MR) is 57.7 cm³/mol. The third-order valence-electron chi connectivity index (χ3n) is 1.51. The first kappa shape index (κ1) is 12.6. The molecular weight excluding hydrogens is 178 g/mol. The van der Waals surface area contributed by atoms with Gasteiger partial charge in [0.1, 0.15) is 0 Å². The van der Waals surface area contributed by atoms with Gasteiger partial charge in [-0.3, -0.25) is 0 Å². The van der Waals surface area contributed by atoms with E-state index in [2.05, 4.69) is 6.58 Å². The highest BCUT2D eigenvalue weighted by atomic mass is 16.5. The van der Waals surface area contributed by atoms with Crippen LogP contribution >= 0.6 is 0 Å². The second-order valence-corrected chi connectivity index (χ2v) is 2.69. The summed E-state index contributed by atoms with van der Waals surface area (Å²) in [7, 11) is 0. The van der Waals surface area contributed by atoms with Crippen molar-refractivity contribution in [1.82, 2.24) is 0 Å². The van der Waals surface area contributed by atoms with Crippen LogP contribution in [0, 0.1) is 0 Å². The molecule has 0 atom stereocenters. The largest absolute Gasteiger partial charge is 0.459 e. The normalized spacial score (nSPS) is 11.7.